The number of hydrogen-bond acceptors (Lipinski definition) is 4. The molecule has 0 saturated carbocycles. The van der Waals surface area contributed by atoms with Crippen molar-refractivity contribution in [2.45, 2.75) is 0 Å². The highest BCUT2D eigenvalue weighted by molar-refractivity contribution is 5.92. The number of carbonyl (C=O) groups is 1. The fraction of sp³-hybridized carbons (Fsp3) is 0. The molecule has 0 fully saturated rings. The number of carboxylic acids is 1. The number of carboxylic acid groups (broad SMARTS) is 1. The number of nitrogens with one attached hydrogen (secondary N) is 2. The van der Waals surface area contributed by atoms with Crippen LogP contribution in [-0.4, -0.2) is 36.3 Å². The van der Waals surface area contributed by atoms with Crippen molar-refractivity contribution in [1.29, 1.82) is 0 Å². The monoisotopic (exact) mass is 244 g/mol. The van der Waals surface area contributed by atoms with Crippen molar-refractivity contribution >= 4 is 17.0 Å². The predicted molar refractivity (Wildman–Crippen MR) is 62.3 cm³/mol. The zero-order valence-corrected chi connectivity index (χ0v) is 9.01. The molecule has 3 rings (SSSR count). The predicted octanol–water partition coefficient (Wildman–Crippen LogP) is 1.36. The van der Waals surface area contributed by atoms with E-state index < -0.39 is 5.97 Å². The number of hydrogen-bond donors (Lipinski definition) is 4. The van der Waals surface area contributed by atoms with Crippen LogP contribution in [0.4, 0.5) is 0 Å². The highest BCUT2D eigenvalue weighted by Gasteiger charge is 2.19. The first-order chi connectivity index (χ1) is 8.66. The molecule has 0 aliphatic heterocycles. The van der Waals surface area contributed by atoms with Crippen molar-refractivity contribution in [3.63, 3.8) is 0 Å². The maximum Gasteiger partial charge on any atom is 0.357 e. The van der Waals surface area contributed by atoms with E-state index in [9.17, 15) is 9.90 Å². The Morgan fingerprint density at radius 1 is 1.39 bits per heavy atom. The van der Waals surface area contributed by atoms with E-state index in [1.807, 2.05) is 6.07 Å². The number of aromatic carboxylic acids is 1. The largest absolute Gasteiger partial charge is 0.504 e. The van der Waals surface area contributed by atoms with Gasteiger partial charge in [0.1, 0.15) is 11.3 Å². The van der Waals surface area contributed by atoms with Crippen LogP contribution in [0.3, 0.4) is 0 Å². The maximum absolute atomic E-state index is 10.8. The molecular weight excluding hydrogens is 236 g/mol. The third kappa shape index (κ3) is 1.41. The van der Waals surface area contributed by atoms with Crippen molar-refractivity contribution in [2.75, 3.05) is 0 Å². The average molecular weight is 244 g/mol. The molecule has 0 atom stereocenters. The van der Waals surface area contributed by atoms with E-state index in [0.29, 0.717) is 11.2 Å². The van der Waals surface area contributed by atoms with Gasteiger partial charge < -0.3 is 15.2 Å². The third-order valence-corrected chi connectivity index (χ3v) is 2.63. The molecule has 3 heterocycles. The van der Waals surface area contributed by atoms with Gasteiger partial charge in [-0.2, -0.15) is 5.10 Å². The van der Waals surface area contributed by atoms with Crippen LogP contribution in [0.15, 0.2) is 24.5 Å². The molecule has 0 aliphatic carbocycles. The summed E-state index contributed by atoms with van der Waals surface area (Å²) in [4.78, 5) is 17.9. The number of H-pyrrole nitrogens is 2. The lowest BCUT2D eigenvalue weighted by Crippen LogP contribution is -1.96. The number of fused-ring (bicyclic) bond motifs is 1. The molecule has 90 valence electrons. The minimum Gasteiger partial charge on any atom is -0.504 e. The number of aromatic nitrogens is 4. The topological polar surface area (TPSA) is 115 Å². The molecule has 7 heteroatoms. The lowest BCUT2D eigenvalue weighted by molar-refractivity contribution is 0.0687. The van der Waals surface area contributed by atoms with Crippen LogP contribution in [0.25, 0.3) is 22.3 Å². The average Bonchev–Trinajstić information content (AvgIpc) is 2.93. The first-order valence-electron chi connectivity index (χ1n) is 5.11. The normalized spacial score (nSPS) is 10.9. The Hall–Kier alpha value is -2.83. The van der Waals surface area contributed by atoms with Crippen molar-refractivity contribution in [3.8, 4) is 17.0 Å². The maximum atomic E-state index is 10.8. The van der Waals surface area contributed by atoms with Gasteiger partial charge in [-0.15, -0.1) is 0 Å². The molecule has 0 saturated heterocycles. The molecule has 0 radical (unpaired) electrons. The fourth-order valence-electron chi connectivity index (χ4n) is 1.76. The van der Waals surface area contributed by atoms with Crippen LogP contribution in [0, 0.1) is 0 Å². The molecule has 0 bridgehead atoms. The second-order valence-electron chi connectivity index (χ2n) is 3.74. The van der Waals surface area contributed by atoms with E-state index in [1.165, 1.54) is 6.20 Å². The number of rotatable bonds is 2. The van der Waals surface area contributed by atoms with E-state index in [4.69, 9.17) is 5.11 Å². The summed E-state index contributed by atoms with van der Waals surface area (Å²) < 4.78 is 0. The second-order valence-corrected chi connectivity index (χ2v) is 3.74. The fourth-order valence-corrected chi connectivity index (χ4v) is 1.76. The van der Waals surface area contributed by atoms with E-state index in [-0.39, 0.29) is 17.1 Å². The standard InChI is InChI=1S/C11H8N4O3/c16-9-7(14-15-8(9)11(17)18)6-3-5-1-2-12-10(5)13-4-6/h1-4,16H,(H,12,13)(H,14,15)(H,17,18). The third-order valence-electron chi connectivity index (χ3n) is 2.63. The van der Waals surface area contributed by atoms with E-state index in [1.54, 1.807) is 12.3 Å². The Balaban J connectivity index is 2.16. The zero-order chi connectivity index (χ0) is 12.7. The molecular formula is C11H8N4O3. The number of aromatic amines is 2. The van der Waals surface area contributed by atoms with Crippen molar-refractivity contribution < 1.29 is 15.0 Å². The van der Waals surface area contributed by atoms with Gasteiger partial charge in [0, 0.05) is 23.3 Å². The van der Waals surface area contributed by atoms with Crippen LogP contribution in [0.2, 0.25) is 0 Å². The summed E-state index contributed by atoms with van der Waals surface area (Å²) in [7, 11) is 0. The van der Waals surface area contributed by atoms with Crippen molar-refractivity contribution in [1.82, 2.24) is 20.2 Å². The Morgan fingerprint density at radius 3 is 2.94 bits per heavy atom. The molecule has 18 heavy (non-hydrogen) atoms. The number of pyridine rings is 1. The Kier molecular flexibility index (Phi) is 2.06. The van der Waals surface area contributed by atoms with Gasteiger partial charge in [-0.1, -0.05) is 0 Å². The van der Waals surface area contributed by atoms with Gasteiger partial charge in [0.25, 0.3) is 0 Å². The van der Waals surface area contributed by atoms with Gasteiger partial charge in [0.15, 0.2) is 11.4 Å². The second kappa shape index (κ2) is 3.59. The SMILES string of the molecule is O=C(O)c1[nH]nc(-c2cnc3[nH]ccc3c2)c1O. The molecule has 3 aromatic heterocycles. The number of nitrogens with zero attached hydrogens (tertiary/aromatic N) is 2. The smallest absolute Gasteiger partial charge is 0.357 e. The van der Waals surface area contributed by atoms with Crippen LogP contribution < -0.4 is 0 Å². The summed E-state index contributed by atoms with van der Waals surface area (Å²) in [6, 6.07) is 3.59. The zero-order valence-electron chi connectivity index (χ0n) is 9.01. The van der Waals surface area contributed by atoms with E-state index >= 15 is 0 Å². The minimum atomic E-state index is -1.26. The molecule has 0 unspecified atom stereocenters. The molecule has 0 spiro atoms. The highest BCUT2D eigenvalue weighted by Crippen LogP contribution is 2.30. The van der Waals surface area contributed by atoms with Gasteiger partial charge in [0.05, 0.1) is 0 Å². The lowest BCUT2D eigenvalue weighted by Gasteiger charge is -1.97. The van der Waals surface area contributed by atoms with Gasteiger partial charge in [0.2, 0.25) is 0 Å². The Morgan fingerprint density at radius 2 is 2.22 bits per heavy atom. The summed E-state index contributed by atoms with van der Waals surface area (Å²) in [6.07, 6.45) is 3.26. The van der Waals surface area contributed by atoms with Gasteiger partial charge in [-0.3, -0.25) is 5.10 Å². The summed E-state index contributed by atoms with van der Waals surface area (Å²) in [5.41, 5.74) is 1.10. The first kappa shape index (κ1) is 10.3. The van der Waals surface area contributed by atoms with Crippen LogP contribution in [0.1, 0.15) is 10.5 Å². The van der Waals surface area contributed by atoms with Crippen molar-refractivity contribution in [3.05, 3.63) is 30.2 Å². The van der Waals surface area contributed by atoms with Gasteiger partial charge >= 0.3 is 5.97 Å². The van der Waals surface area contributed by atoms with Crippen molar-refractivity contribution in [2.24, 2.45) is 0 Å². The summed E-state index contributed by atoms with van der Waals surface area (Å²) in [6.45, 7) is 0. The minimum absolute atomic E-state index is 0.169. The highest BCUT2D eigenvalue weighted by atomic mass is 16.4. The Bertz CT molecular complexity index is 744. The summed E-state index contributed by atoms with van der Waals surface area (Å²) in [5.74, 6) is -1.65. The van der Waals surface area contributed by atoms with Crippen LogP contribution in [-0.2, 0) is 0 Å². The van der Waals surface area contributed by atoms with Crippen LogP contribution >= 0.6 is 0 Å². The molecule has 4 N–H and O–H groups in total. The summed E-state index contributed by atoms with van der Waals surface area (Å²) in [5, 5.41) is 25.5. The Labute approximate surface area is 100 Å². The first-order valence-corrected chi connectivity index (χ1v) is 5.11. The summed E-state index contributed by atoms with van der Waals surface area (Å²) >= 11 is 0. The van der Waals surface area contributed by atoms with Gasteiger partial charge in [-0.25, -0.2) is 9.78 Å². The quantitative estimate of drug-likeness (QED) is 0.543. The van der Waals surface area contributed by atoms with E-state index in [2.05, 4.69) is 20.2 Å². The molecule has 3 aromatic rings. The molecule has 0 aliphatic rings. The lowest BCUT2D eigenvalue weighted by atomic mass is 10.1. The van der Waals surface area contributed by atoms with Crippen LogP contribution in [0.5, 0.6) is 5.75 Å². The van der Waals surface area contributed by atoms with E-state index in [0.717, 1.165) is 5.39 Å². The molecule has 0 amide bonds. The van der Waals surface area contributed by atoms with Gasteiger partial charge in [-0.05, 0) is 12.1 Å². The number of aromatic hydroxyl groups is 1. The molecule has 0 aromatic carbocycles. The molecule has 7 nitrogen and oxygen atoms in total.